The maximum Gasteiger partial charge on any atom is 0.270 e. The van der Waals surface area contributed by atoms with Gasteiger partial charge in [0.2, 0.25) is 0 Å². The molecule has 1 aromatic carbocycles. The molecule has 0 fully saturated rings. The third-order valence-electron chi connectivity index (χ3n) is 1.02. The molecule has 0 aromatic heterocycles. The van der Waals surface area contributed by atoms with Crippen LogP contribution in [0.2, 0.25) is 0 Å². The van der Waals surface area contributed by atoms with Crippen LogP contribution in [0.4, 0.5) is 5.69 Å². The van der Waals surface area contributed by atoms with E-state index in [9.17, 15) is 10.1 Å². The van der Waals surface area contributed by atoms with E-state index in [0.717, 1.165) is 4.47 Å². The molecule has 0 bridgehead atoms. The number of halogens is 1. The molecule has 4 heteroatoms. The molecule has 10 heavy (non-hydrogen) atoms. The van der Waals surface area contributed by atoms with E-state index >= 15 is 0 Å². The topological polar surface area (TPSA) is 43.1 Å². The maximum atomic E-state index is 10.1. The SMILES string of the molecule is O=[N+]([O-])[13c]1[13cH][13cH][13cH][13c](Br)[13cH]1. The Morgan fingerprint density at radius 3 is 2.60 bits per heavy atom. The van der Waals surface area contributed by atoms with E-state index in [0.29, 0.717) is 0 Å². The molecule has 0 aliphatic carbocycles. The number of rotatable bonds is 1. The predicted octanol–water partition coefficient (Wildman–Crippen LogP) is 2.36. The van der Waals surface area contributed by atoms with Crippen molar-refractivity contribution in [3.63, 3.8) is 0 Å². The number of non-ortho nitro benzene ring substituents is 1. The zero-order valence-corrected chi connectivity index (χ0v) is 6.54. The molecule has 3 nitrogen and oxygen atoms in total. The Hall–Kier alpha value is -0.900. The van der Waals surface area contributed by atoms with Crippen LogP contribution in [-0.4, -0.2) is 4.92 Å². The first-order valence-corrected chi connectivity index (χ1v) is 3.39. The number of hydrogen-bond acceptors (Lipinski definition) is 2. The van der Waals surface area contributed by atoms with E-state index in [1.807, 2.05) is 0 Å². The smallest absolute Gasteiger partial charge is 0.258 e. The van der Waals surface area contributed by atoms with Gasteiger partial charge in [0.15, 0.2) is 0 Å². The molecule has 0 aliphatic heterocycles. The molecule has 0 radical (unpaired) electrons. The number of benzene rings is 1. The molecule has 1 rings (SSSR count). The van der Waals surface area contributed by atoms with Crippen molar-refractivity contribution < 1.29 is 4.92 Å². The Labute approximate surface area is 66.0 Å². The Bertz CT molecular complexity index is 262. The van der Waals surface area contributed by atoms with Crippen LogP contribution < -0.4 is 0 Å². The van der Waals surface area contributed by atoms with E-state index in [2.05, 4.69) is 15.9 Å². The van der Waals surface area contributed by atoms with Crippen LogP contribution in [0.25, 0.3) is 0 Å². The highest BCUT2D eigenvalue weighted by atomic mass is 79.9. The van der Waals surface area contributed by atoms with Gasteiger partial charge >= 0.3 is 0 Å². The summed E-state index contributed by atoms with van der Waals surface area (Å²) in [7, 11) is 0. The number of nitro groups is 1. The van der Waals surface area contributed by atoms with Gasteiger partial charge in [-0.15, -0.1) is 0 Å². The Kier molecular flexibility index (Phi) is 2.01. The molecule has 0 N–H and O–H groups in total. The van der Waals surface area contributed by atoms with E-state index in [1.54, 1.807) is 12.1 Å². The van der Waals surface area contributed by atoms with Gasteiger partial charge in [-0.25, -0.2) is 0 Å². The third-order valence-corrected chi connectivity index (χ3v) is 1.51. The van der Waals surface area contributed by atoms with Crippen LogP contribution in [0.1, 0.15) is 0 Å². The monoisotopic (exact) mass is 207 g/mol. The summed E-state index contributed by atoms with van der Waals surface area (Å²) in [6, 6.07) is 6.28. The molecule has 0 amide bonds. The molecule has 0 aliphatic rings. The number of hydrogen-bond donors (Lipinski definition) is 0. The van der Waals surface area contributed by atoms with Gasteiger partial charge in [0.05, 0.1) is 4.92 Å². The van der Waals surface area contributed by atoms with E-state index in [-0.39, 0.29) is 5.69 Å². The summed E-state index contributed by atoms with van der Waals surface area (Å²) in [6.45, 7) is 0. The molecule has 0 spiro atoms. The quantitative estimate of drug-likeness (QED) is 0.525. The minimum atomic E-state index is -0.426. The van der Waals surface area contributed by atoms with Crippen molar-refractivity contribution in [1.29, 1.82) is 0 Å². The van der Waals surface area contributed by atoms with Crippen molar-refractivity contribution in [3.05, 3.63) is 38.9 Å². The maximum absolute atomic E-state index is 10.1. The first-order chi connectivity index (χ1) is 4.70. The van der Waals surface area contributed by atoms with Gasteiger partial charge in [0.25, 0.3) is 5.69 Å². The zero-order chi connectivity index (χ0) is 7.56. The van der Waals surface area contributed by atoms with Crippen molar-refractivity contribution in [2.75, 3.05) is 0 Å². The van der Waals surface area contributed by atoms with Crippen LogP contribution in [0.3, 0.4) is 0 Å². The van der Waals surface area contributed by atoms with Crippen LogP contribution >= 0.6 is 15.9 Å². The fraction of sp³-hybridized carbons (Fsp3) is 0. The van der Waals surface area contributed by atoms with E-state index < -0.39 is 4.92 Å². The summed E-state index contributed by atoms with van der Waals surface area (Å²) in [5.74, 6) is 0. The second kappa shape index (κ2) is 2.79. The predicted molar refractivity (Wildman–Crippen MR) is 40.8 cm³/mol. The highest BCUT2D eigenvalue weighted by Gasteiger charge is 2.02. The molecule has 0 unspecified atom stereocenters. The normalized spacial score (nSPS) is 9.30. The van der Waals surface area contributed by atoms with Crippen molar-refractivity contribution in [2.24, 2.45) is 0 Å². The molecule has 0 atom stereocenters. The average molecular weight is 208 g/mol. The largest absolute Gasteiger partial charge is 0.270 e. The van der Waals surface area contributed by atoms with Crippen LogP contribution in [0.15, 0.2) is 28.7 Å². The number of nitrogens with zero attached hydrogens (tertiary/aromatic N) is 1. The third kappa shape index (κ3) is 1.54. The van der Waals surface area contributed by atoms with Gasteiger partial charge < -0.3 is 0 Å². The molecule has 0 heterocycles. The van der Waals surface area contributed by atoms with Gasteiger partial charge in [-0.2, -0.15) is 0 Å². The second-order valence-electron chi connectivity index (χ2n) is 1.74. The van der Waals surface area contributed by atoms with Crippen molar-refractivity contribution in [3.8, 4) is 0 Å². The minimum absolute atomic E-state index is 0.106. The summed E-state index contributed by atoms with van der Waals surface area (Å²) in [5.41, 5.74) is 0.106. The van der Waals surface area contributed by atoms with E-state index in [4.69, 9.17) is 0 Å². The van der Waals surface area contributed by atoms with Gasteiger partial charge in [-0.05, 0) is 6.07 Å². The van der Waals surface area contributed by atoms with Crippen molar-refractivity contribution in [2.45, 2.75) is 0 Å². The highest BCUT2D eigenvalue weighted by molar-refractivity contribution is 9.10. The number of nitro benzene ring substituents is 1. The lowest BCUT2D eigenvalue weighted by Gasteiger charge is -1.89. The first-order valence-electron chi connectivity index (χ1n) is 2.60. The van der Waals surface area contributed by atoms with Gasteiger partial charge in [0, 0.05) is 16.6 Å². The van der Waals surface area contributed by atoms with Crippen molar-refractivity contribution >= 4 is 21.6 Å². The molecular formula is C6H4BrNO2. The Morgan fingerprint density at radius 1 is 1.50 bits per heavy atom. The van der Waals surface area contributed by atoms with Crippen LogP contribution in [0, 0.1) is 10.1 Å². The highest BCUT2D eigenvalue weighted by Crippen LogP contribution is 2.16. The summed E-state index contributed by atoms with van der Waals surface area (Å²) in [5, 5.41) is 10.1. The summed E-state index contributed by atoms with van der Waals surface area (Å²) in [4.78, 5) is 9.71. The molecule has 0 saturated carbocycles. The van der Waals surface area contributed by atoms with Crippen molar-refractivity contribution in [1.82, 2.24) is 0 Å². The zero-order valence-electron chi connectivity index (χ0n) is 4.95. The molecule has 0 saturated heterocycles. The van der Waals surface area contributed by atoms with Gasteiger partial charge in [-0.3, -0.25) is 10.1 Å². The van der Waals surface area contributed by atoms with Crippen LogP contribution in [0.5, 0.6) is 0 Å². The Morgan fingerprint density at radius 2 is 2.20 bits per heavy atom. The lowest BCUT2D eigenvalue weighted by Crippen LogP contribution is -1.85. The Balaban J connectivity index is 3.07. The average Bonchev–Trinajstić information content (AvgIpc) is 1.88. The second-order valence-corrected chi connectivity index (χ2v) is 2.65. The lowest BCUT2D eigenvalue weighted by molar-refractivity contribution is -0.384. The standard InChI is InChI=1S/C6H4BrNO2/c7-5-2-1-3-6(4-5)8(9)10/h1-4H/i1+1,2+1,3+1,4+1,5+1,6+1. The van der Waals surface area contributed by atoms with Crippen LogP contribution in [-0.2, 0) is 0 Å². The molecule has 52 valence electrons. The lowest BCUT2D eigenvalue weighted by atomic mass is 11.3. The molecular weight excluding hydrogens is 204 g/mol. The van der Waals surface area contributed by atoms with E-state index in [1.165, 1.54) is 12.1 Å². The fourth-order valence-corrected chi connectivity index (χ4v) is 0.977. The summed E-state index contributed by atoms with van der Waals surface area (Å²) >= 11 is 3.13. The summed E-state index contributed by atoms with van der Waals surface area (Å²) < 4.78 is 0.724. The molecule has 1 aromatic rings. The fourth-order valence-electron chi connectivity index (χ4n) is 0.590. The van der Waals surface area contributed by atoms with Gasteiger partial charge in [-0.1, -0.05) is 22.0 Å². The van der Waals surface area contributed by atoms with Gasteiger partial charge in [0.1, 0.15) is 0 Å². The first kappa shape index (κ1) is 7.21. The minimum Gasteiger partial charge on any atom is -0.258 e. The summed E-state index contributed by atoms with van der Waals surface area (Å²) in [6.07, 6.45) is 0.